The Morgan fingerprint density at radius 2 is 1.88 bits per heavy atom. The minimum absolute atomic E-state index is 0.0214. The van der Waals surface area contributed by atoms with E-state index >= 15 is 0 Å². The van der Waals surface area contributed by atoms with Crippen molar-refractivity contribution in [1.29, 1.82) is 0 Å². The molecule has 1 aromatic carbocycles. The molecule has 24 heavy (non-hydrogen) atoms. The van der Waals surface area contributed by atoms with Gasteiger partial charge in [0.25, 0.3) is 5.91 Å². The van der Waals surface area contributed by atoms with Gasteiger partial charge >= 0.3 is 0 Å². The number of carbonyl (C=O) groups excluding carboxylic acids is 1. The largest absolute Gasteiger partial charge is 0.493 e. The van der Waals surface area contributed by atoms with Crippen LogP contribution in [0.15, 0.2) is 24.3 Å². The number of methoxy groups -OCH3 is 2. The molecule has 0 aliphatic carbocycles. The highest BCUT2D eigenvalue weighted by atomic mass is 32.1. The van der Waals surface area contributed by atoms with Gasteiger partial charge in [-0.15, -0.1) is 11.3 Å². The maximum absolute atomic E-state index is 12.4. The zero-order valence-corrected chi connectivity index (χ0v) is 15.6. The Balaban J connectivity index is 2.05. The summed E-state index contributed by atoms with van der Waals surface area (Å²) in [6, 6.07) is 7.68. The molecule has 0 radical (unpaired) electrons. The Morgan fingerprint density at radius 1 is 1.12 bits per heavy atom. The first-order valence-corrected chi connectivity index (χ1v) is 9.05. The van der Waals surface area contributed by atoms with Gasteiger partial charge in [-0.05, 0) is 42.2 Å². The van der Waals surface area contributed by atoms with E-state index in [2.05, 4.69) is 19.2 Å². The number of aryl methyl sites for hydroxylation is 2. The molecule has 0 saturated heterocycles. The summed E-state index contributed by atoms with van der Waals surface area (Å²) in [5, 5.41) is 2.99. The van der Waals surface area contributed by atoms with E-state index in [9.17, 15) is 4.79 Å². The number of rotatable bonds is 8. The van der Waals surface area contributed by atoms with Crippen molar-refractivity contribution >= 4 is 17.2 Å². The second-order valence-corrected chi connectivity index (χ2v) is 6.67. The quantitative estimate of drug-likeness (QED) is 0.778. The molecule has 0 saturated carbocycles. The van der Waals surface area contributed by atoms with Crippen molar-refractivity contribution in [3.8, 4) is 11.5 Å². The molecule has 0 atom stereocenters. The molecule has 4 nitrogen and oxygen atoms in total. The SMILES string of the molecule is CCCc1sc(C(=O)NCc2ccc(OC)c(OC)c2)cc1CC. The van der Waals surface area contributed by atoms with Gasteiger partial charge in [0.15, 0.2) is 11.5 Å². The van der Waals surface area contributed by atoms with Gasteiger partial charge in [0.1, 0.15) is 0 Å². The van der Waals surface area contributed by atoms with Gasteiger partial charge in [0, 0.05) is 11.4 Å². The summed E-state index contributed by atoms with van der Waals surface area (Å²) in [5.41, 5.74) is 2.26. The summed E-state index contributed by atoms with van der Waals surface area (Å²) in [4.78, 5) is 14.5. The minimum atomic E-state index is -0.0214. The molecule has 1 amide bonds. The normalized spacial score (nSPS) is 10.5. The van der Waals surface area contributed by atoms with Crippen molar-refractivity contribution in [3.05, 3.63) is 45.1 Å². The molecule has 5 heteroatoms. The van der Waals surface area contributed by atoms with E-state index in [0.717, 1.165) is 29.7 Å². The van der Waals surface area contributed by atoms with E-state index in [1.54, 1.807) is 25.6 Å². The van der Waals surface area contributed by atoms with Gasteiger partial charge < -0.3 is 14.8 Å². The van der Waals surface area contributed by atoms with Crippen LogP contribution in [-0.4, -0.2) is 20.1 Å². The van der Waals surface area contributed by atoms with Crippen molar-refractivity contribution in [2.75, 3.05) is 14.2 Å². The molecule has 0 aliphatic heterocycles. The zero-order chi connectivity index (χ0) is 17.5. The third-order valence-corrected chi connectivity index (χ3v) is 5.12. The second-order valence-electron chi connectivity index (χ2n) is 5.53. The van der Waals surface area contributed by atoms with Crippen LogP contribution in [0, 0.1) is 0 Å². The van der Waals surface area contributed by atoms with E-state index in [1.165, 1.54) is 10.4 Å². The molecule has 1 N–H and O–H groups in total. The Morgan fingerprint density at radius 3 is 2.50 bits per heavy atom. The van der Waals surface area contributed by atoms with Crippen molar-refractivity contribution in [2.45, 2.75) is 39.7 Å². The zero-order valence-electron chi connectivity index (χ0n) is 14.8. The highest BCUT2D eigenvalue weighted by Crippen LogP contribution is 2.28. The number of hydrogen-bond donors (Lipinski definition) is 1. The fraction of sp³-hybridized carbons (Fsp3) is 0.421. The molecule has 0 unspecified atom stereocenters. The first-order valence-electron chi connectivity index (χ1n) is 8.23. The number of ether oxygens (including phenoxy) is 2. The molecule has 0 aliphatic rings. The molecule has 1 aromatic heterocycles. The summed E-state index contributed by atoms with van der Waals surface area (Å²) in [7, 11) is 3.21. The van der Waals surface area contributed by atoms with Crippen LogP contribution in [0.3, 0.4) is 0 Å². The molecule has 0 fully saturated rings. The fourth-order valence-electron chi connectivity index (χ4n) is 2.58. The minimum Gasteiger partial charge on any atom is -0.493 e. The molecular formula is C19H25NO3S. The lowest BCUT2D eigenvalue weighted by atomic mass is 10.1. The number of benzene rings is 1. The second kappa shape index (κ2) is 8.73. The van der Waals surface area contributed by atoms with Crippen LogP contribution in [0.4, 0.5) is 0 Å². The van der Waals surface area contributed by atoms with Crippen LogP contribution in [0.1, 0.15) is 45.9 Å². The summed E-state index contributed by atoms with van der Waals surface area (Å²) in [6.45, 7) is 4.75. The summed E-state index contributed by atoms with van der Waals surface area (Å²) in [5.74, 6) is 1.33. The number of thiophene rings is 1. The number of carbonyl (C=O) groups is 1. The molecular weight excluding hydrogens is 322 g/mol. The first-order chi connectivity index (χ1) is 11.6. The van der Waals surface area contributed by atoms with Crippen LogP contribution < -0.4 is 14.8 Å². The fourth-order valence-corrected chi connectivity index (χ4v) is 3.85. The van der Waals surface area contributed by atoms with Crippen LogP contribution in [0.2, 0.25) is 0 Å². The standard InChI is InChI=1S/C19H25NO3S/c1-5-7-17-14(6-2)11-18(24-17)19(21)20-12-13-8-9-15(22-3)16(10-13)23-4/h8-11H,5-7,12H2,1-4H3,(H,20,21). The van der Waals surface area contributed by atoms with Crippen LogP contribution in [0.25, 0.3) is 0 Å². The Hall–Kier alpha value is -2.01. The number of amides is 1. The molecule has 0 spiro atoms. The van der Waals surface area contributed by atoms with E-state index in [-0.39, 0.29) is 5.91 Å². The van der Waals surface area contributed by atoms with E-state index in [1.807, 2.05) is 24.3 Å². The van der Waals surface area contributed by atoms with Gasteiger partial charge in [-0.25, -0.2) is 0 Å². The average Bonchev–Trinajstić information content (AvgIpc) is 3.02. The molecule has 1 heterocycles. The third-order valence-electron chi connectivity index (χ3n) is 3.88. The smallest absolute Gasteiger partial charge is 0.261 e. The Bertz CT molecular complexity index is 694. The monoisotopic (exact) mass is 347 g/mol. The van der Waals surface area contributed by atoms with Crippen molar-refractivity contribution in [1.82, 2.24) is 5.32 Å². The maximum Gasteiger partial charge on any atom is 0.261 e. The lowest BCUT2D eigenvalue weighted by molar-refractivity contribution is 0.0955. The summed E-state index contributed by atoms with van der Waals surface area (Å²) >= 11 is 1.61. The molecule has 130 valence electrons. The van der Waals surface area contributed by atoms with E-state index in [0.29, 0.717) is 18.0 Å². The van der Waals surface area contributed by atoms with Gasteiger partial charge in [-0.2, -0.15) is 0 Å². The number of nitrogens with one attached hydrogen (secondary N) is 1. The summed E-state index contributed by atoms with van der Waals surface area (Å²) < 4.78 is 10.5. The van der Waals surface area contributed by atoms with E-state index in [4.69, 9.17) is 9.47 Å². The van der Waals surface area contributed by atoms with Gasteiger partial charge in [0.05, 0.1) is 19.1 Å². The van der Waals surface area contributed by atoms with Gasteiger partial charge in [0.2, 0.25) is 0 Å². The molecule has 2 aromatic rings. The highest BCUT2D eigenvalue weighted by molar-refractivity contribution is 7.14. The molecule has 0 bridgehead atoms. The number of hydrogen-bond acceptors (Lipinski definition) is 4. The average molecular weight is 347 g/mol. The Labute approximate surface area is 147 Å². The predicted molar refractivity (Wildman–Crippen MR) is 98.4 cm³/mol. The lowest BCUT2D eigenvalue weighted by Gasteiger charge is -2.10. The third kappa shape index (κ3) is 4.29. The van der Waals surface area contributed by atoms with Crippen LogP contribution in [0.5, 0.6) is 11.5 Å². The van der Waals surface area contributed by atoms with Crippen molar-refractivity contribution < 1.29 is 14.3 Å². The van der Waals surface area contributed by atoms with Crippen LogP contribution in [-0.2, 0) is 19.4 Å². The predicted octanol–water partition coefficient (Wildman–Crippen LogP) is 4.21. The van der Waals surface area contributed by atoms with Gasteiger partial charge in [-0.3, -0.25) is 4.79 Å². The first kappa shape index (κ1) is 18.3. The molecule has 2 rings (SSSR count). The maximum atomic E-state index is 12.4. The Kier molecular flexibility index (Phi) is 6.67. The highest BCUT2D eigenvalue weighted by Gasteiger charge is 2.13. The van der Waals surface area contributed by atoms with E-state index < -0.39 is 0 Å². The lowest BCUT2D eigenvalue weighted by Crippen LogP contribution is -2.21. The topological polar surface area (TPSA) is 47.6 Å². The van der Waals surface area contributed by atoms with Crippen molar-refractivity contribution in [3.63, 3.8) is 0 Å². The van der Waals surface area contributed by atoms with Crippen LogP contribution >= 0.6 is 11.3 Å². The van der Waals surface area contributed by atoms with Gasteiger partial charge in [-0.1, -0.05) is 26.3 Å². The van der Waals surface area contributed by atoms with Crippen molar-refractivity contribution in [2.24, 2.45) is 0 Å². The summed E-state index contributed by atoms with van der Waals surface area (Å²) in [6.07, 6.45) is 3.10.